The van der Waals surface area contributed by atoms with Gasteiger partial charge in [0.15, 0.2) is 0 Å². The Bertz CT molecular complexity index is 360. The summed E-state index contributed by atoms with van der Waals surface area (Å²) < 4.78 is 14.0. The molecule has 3 unspecified atom stereocenters. The standard InChI is InChI=1S/C13H15BrClF/c1-8-10(2-3-13(8)15)4-9-5-11(14)7-12(16)6-9/h5-8,10,13H,2-4H2,1H3. The molecular formula is C13H15BrClF. The van der Waals surface area contributed by atoms with Crippen molar-refractivity contribution in [1.29, 1.82) is 0 Å². The minimum absolute atomic E-state index is 0.169. The fraction of sp³-hybridized carbons (Fsp3) is 0.538. The van der Waals surface area contributed by atoms with Crippen LogP contribution < -0.4 is 0 Å². The molecule has 1 fully saturated rings. The predicted molar refractivity (Wildman–Crippen MR) is 69.3 cm³/mol. The van der Waals surface area contributed by atoms with Gasteiger partial charge in [0, 0.05) is 9.85 Å². The number of benzene rings is 1. The second kappa shape index (κ2) is 5.05. The maximum absolute atomic E-state index is 13.2. The zero-order valence-corrected chi connectivity index (χ0v) is 11.6. The summed E-state index contributed by atoms with van der Waals surface area (Å²) in [5.41, 5.74) is 1.06. The van der Waals surface area contributed by atoms with Gasteiger partial charge >= 0.3 is 0 Å². The van der Waals surface area contributed by atoms with Crippen molar-refractivity contribution in [3.05, 3.63) is 34.1 Å². The highest BCUT2D eigenvalue weighted by Crippen LogP contribution is 2.37. The van der Waals surface area contributed by atoms with Gasteiger partial charge in [0.1, 0.15) is 5.82 Å². The Labute approximate surface area is 109 Å². The molecule has 1 aliphatic carbocycles. The van der Waals surface area contributed by atoms with Gasteiger partial charge in [0.25, 0.3) is 0 Å². The average Bonchev–Trinajstić information content (AvgIpc) is 2.48. The number of rotatable bonds is 2. The maximum Gasteiger partial charge on any atom is 0.124 e. The normalized spacial score (nSPS) is 29.6. The van der Waals surface area contributed by atoms with Crippen LogP contribution in [-0.4, -0.2) is 5.38 Å². The lowest BCUT2D eigenvalue weighted by Crippen LogP contribution is -2.13. The lowest BCUT2D eigenvalue weighted by molar-refractivity contribution is 0.419. The summed E-state index contributed by atoms with van der Waals surface area (Å²) in [7, 11) is 0. The Balaban J connectivity index is 2.09. The van der Waals surface area contributed by atoms with Gasteiger partial charge in [0.2, 0.25) is 0 Å². The molecular weight excluding hydrogens is 290 g/mol. The van der Waals surface area contributed by atoms with Crippen molar-refractivity contribution in [3.63, 3.8) is 0 Å². The van der Waals surface area contributed by atoms with Crippen LogP contribution in [0.15, 0.2) is 22.7 Å². The van der Waals surface area contributed by atoms with Crippen molar-refractivity contribution < 1.29 is 4.39 Å². The molecule has 0 radical (unpaired) electrons. The van der Waals surface area contributed by atoms with Gasteiger partial charge in [-0.25, -0.2) is 4.39 Å². The Morgan fingerprint density at radius 3 is 2.69 bits per heavy atom. The van der Waals surface area contributed by atoms with Crippen LogP contribution in [0, 0.1) is 17.7 Å². The first kappa shape index (κ1) is 12.4. The second-order valence-electron chi connectivity index (χ2n) is 4.69. The van der Waals surface area contributed by atoms with Gasteiger partial charge in [-0.1, -0.05) is 22.9 Å². The molecule has 3 atom stereocenters. The molecule has 88 valence electrons. The molecule has 1 aromatic rings. The summed E-state index contributed by atoms with van der Waals surface area (Å²) in [6.45, 7) is 2.20. The third-order valence-corrected chi connectivity index (χ3v) is 4.62. The van der Waals surface area contributed by atoms with Crippen molar-refractivity contribution in [1.82, 2.24) is 0 Å². The minimum atomic E-state index is -0.169. The van der Waals surface area contributed by atoms with Crippen LogP contribution >= 0.6 is 27.5 Å². The summed E-state index contributed by atoms with van der Waals surface area (Å²) in [5, 5.41) is 0.294. The SMILES string of the molecule is CC1C(Cl)CCC1Cc1cc(F)cc(Br)c1. The Morgan fingerprint density at radius 2 is 2.12 bits per heavy atom. The van der Waals surface area contributed by atoms with E-state index in [9.17, 15) is 4.39 Å². The van der Waals surface area contributed by atoms with Crippen LogP contribution in [-0.2, 0) is 6.42 Å². The van der Waals surface area contributed by atoms with Crippen molar-refractivity contribution in [2.24, 2.45) is 11.8 Å². The van der Waals surface area contributed by atoms with Gasteiger partial charge in [-0.05, 0) is 54.9 Å². The van der Waals surface area contributed by atoms with E-state index in [-0.39, 0.29) is 5.82 Å². The van der Waals surface area contributed by atoms with E-state index in [0.717, 1.165) is 29.3 Å². The summed E-state index contributed by atoms with van der Waals surface area (Å²) in [4.78, 5) is 0. The van der Waals surface area contributed by atoms with E-state index < -0.39 is 0 Å². The molecule has 0 aromatic heterocycles. The molecule has 0 amide bonds. The topological polar surface area (TPSA) is 0 Å². The molecule has 0 N–H and O–H groups in total. The monoisotopic (exact) mass is 304 g/mol. The molecule has 16 heavy (non-hydrogen) atoms. The minimum Gasteiger partial charge on any atom is -0.207 e. The molecule has 1 aromatic carbocycles. The maximum atomic E-state index is 13.2. The van der Waals surface area contributed by atoms with Crippen LogP contribution in [0.1, 0.15) is 25.3 Å². The summed E-state index contributed by atoms with van der Waals surface area (Å²) in [6.07, 6.45) is 3.17. The number of hydrogen-bond donors (Lipinski definition) is 0. The lowest BCUT2D eigenvalue weighted by Gasteiger charge is -2.17. The van der Waals surface area contributed by atoms with Gasteiger partial charge < -0.3 is 0 Å². The van der Waals surface area contributed by atoms with E-state index in [0.29, 0.717) is 17.2 Å². The van der Waals surface area contributed by atoms with E-state index in [4.69, 9.17) is 11.6 Å². The van der Waals surface area contributed by atoms with E-state index in [2.05, 4.69) is 22.9 Å². The van der Waals surface area contributed by atoms with Crippen molar-refractivity contribution in [3.8, 4) is 0 Å². The Kier molecular flexibility index (Phi) is 3.91. The smallest absolute Gasteiger partial charge is 0.124 e. The Hall–Kier alpha value is -0.0800. The highest BCUT2D eigenvalue weighted by molar-refractivity contribution is 9.10. The first-order chi connectivity index (χ1) is 7.56. The van der Waals surface area contributed by atoms with E-state index >= 15 is 0 Å². The molecule has 0 heterocycles. The first-order valence-electron chi connectivity index (χ1n) is 5.65. The van der Waals surface area contributed by atoms with Gasteiger partial charge in [-0.15, -0.1) is 11.6 Å². The largest absolute Gasteiger partial charge is 0.207 e. The van der Waals surface area contributed by atoms with Crippen LogP contribution in [0.5, 0.6) is 0 Å². The zero-order chi connectivity index (χ0) is 11.7. The van der Waals surface area contributed by atoms with Gasteiger partial charge in [-0.2, -0.15) is 0 Å². The number of halogens is 3. The zero-order valence-electron chi connectivity index (χ0n) is 9.22. The van der Waals surface area contributed by atoms with E-state index in [1.807, 2.05) is 6.07 Å². The van der Waals surface area contributed by atoms with E-state index in [1.165, 1.54) is 6.07 Å². The predicted octanol–water partition coefficient (Wildman–Crippen LogP) is 4.78. The molecule has 0 saturated heterocycles. The van der Waals surface area contributed by atoms with Gasteiger partial charge in [0.05, 0.1) is 0 Å². The second-order valence-corrected chi connectivity index (χ2v) is 6.17. The number of hydrogen-bond acceptors (Lipinski definition) is 0. The quantitative estimate of drug-likeness (QED) is 0.690. The van der Waals surface area contributed by atoms with Crippen molar-refractivity contribution in [2.45, 2.75) is 31.6 Å². The third kappa shape index (κ3) is 2.78. The Morgan fingerprint density at radius 1 is 1.38 bits per heavy atom. The molecule has 0 spiro atoms. The summed E-state index contributed by atoms with van der Waals surface area (Å²) in [5.74, 6) is 0.956. The van der Waals surface area contributed by atoms with Crippen LogP contribution in [0.4, 0.5) is 4.39 Å². The molecule has 0 bridgehead atoms. The van der Waals surface area contributed by atoms with Crippen molar-refractivity contribution >= 4 is 27.5 Å². The molecule has 0 nitrogen and oxygen atoms in total. The summed E-state index contributed by atoms with van der Waals surface area (Å²) in [6, 6.07) is 5.11. The highest BCUT2D eigenvalue weighted by atomic mass is 79.9. The van der Waals surface area contributed by atoms with E-state index in [1.54, 1.807) is 6.07 Å². The lowest BCUT2D eigenvalue weighted by atomic mass is 9.91. The third-order valence-electron chi connectivity index (χ3n) is 3.55. The molecule has 1 aliphatic rings. The first-order valence-corrected chi connectivity index (χ1v) is 6.88. The average molecular weight is 306 g/mol. The van der Waals surface area contributed by atoms with Crippen LogP contribution in [0.3, 0.4) is 0 Å². The highest BCUT2D eigenvalue weighted by Gasteiger charge is 2.31. The summed E-state index contributed by atoms with van der Waals surface area (Å²) >= 11 is 9.53. The van der Waals surface area contributed by atoms with Gasteiger partial charge in [-0.3, -0.25) is 0 Å². The molecule has 1 saturated carbocycles. The van der Waals surface area contributed by atoms with Crippen LogP contribution in [0.2, 0.25) is 0 Å². The number of alkyl halides is 1. The van der Waals surface area contributed by atoms with Crippen molar-refractivity contribution in [2.75, 3.05) is 0 Å². The van der Waals surface area contributed by atoms with Crippen LogP contribution in [0.25, 0.3) is 0 Å². The fourth-order valence-corrected chi connectivity index (χ4v) is 3.36. The molecule has 0 aliphatic heterocycles. The fourth-order valence-electron chi connectivity index (χ4n) is 2.51. The molecule has 2 rings (SSSR count). The molecule has 3 heteroatoms.